The van der Waals surface area contributed by atoms with Crippen molar-refractivity contribution in [3.8, 4) is 18.1 Å². The maximum Gasteiger partial charge on any atom is 0.244 e. The lowest BCUT2D eigenvalue weighted by atomic mass is 10.2. The van der Waals surface area contributed by atoms with Crippen LogP contribution in [0.25, 0.3) is 6.08 Å². The molecule has 0 bridgehead atoms. The van der Waals surface area contributed by atoms with Crippen LogP contribution in [0.15, 0.2) is 24.3 Å². The molecule has 0 radical (unpaired) electrons. The summed E-state index contributed by atoms with van der Waals surface area (Å²) in [6.45, 7) is 0.204. The molecule has 0 aliphatic rings. The maximum absolute atomic E-state index is 11.3. The summed E-state index contributed by atoms with van der Waals surface area (Å²) < 4.78 is 5.14. The van der Waals surface area contributed by atoms with Crippen molar-refractivity contribution in [2.24, 2.45) is 0 Å². The van der Waals surface area contributed by atoms with E-state index in [0.717, 1.165) is 5.56 Å². The maximum atomic E-state index is 11.3. The van der Waals surface area contributed by atoms with Crippen LogP contribution < -0.4 is 10.1 Å². The van der Waals surface area contributed by atoms with Crippen molar-refractivity contribution in [2.45, 2.75) is 0 Å². The second-order valence-corrected chi connectivity index (χ2v) is 3.58. The summed E-state index contributed by atoms with van der Waals surface area (Å²) in [5.41, 5.74) is 0.732. The predicted molar refractivity (Wildman–Crippen MR) is 68.9 cm³/mol. The van der Waals surface area contributed by atoms with Crippen molar-refractivity contribution in [3.63, 3.8) is 0 Å². The highest BCUT2D eigenvalue weighted by molar-refractivity contribution is 6.30. The molecule has 3 nitrogen and oxygen atoms in total. The molecule has 1 N–H and O–H groups in total. The standard InChI is InChI=1S/C13H12ClNO2/c1-3-8-15-13(16)7-4-10-9-11(14)5-6-12(10)17-2/h1,4-7,9H,8H2,2H3,(H,15,16). The Kier molecular flexibility index (Phi) is 5.12. The molecule has 0 saturated carbocycles. The molecule has 1 amide bonds. The van der Waals surface area contributed by atoms with E-state index in [0.29, 0.717) is 10.8 Å². The van der Waals surface area contributed by atoms with Crippen LogP contribution >= 0.6 is 11.6 Å². The van der Waals surface area contributed by atoms with Gasteiger partial charge in [0.05, 0.1) is 13.7 Å². The summed E-state index contributed by atoms with van der Waals surface area (Å²) in [6.07, 6.45) is 8.03. The summed E-state index contributed by atoms with van der Waals surface area (Å²) in [6, 6.07) is 5.17. The Morgan fingerprint density at radius 1 is 1.65 bits per heavy atom. The molecular weight excluding hydrogens is 238 g/mol. The third-order valence-corrected chi connectivity index (χ3v) is 2.21. The number of amides is 1. The quantitative estimate of drug-likeness (QED) is 0.656. The molecule has 0 atom stereocenters. The Labute approximate surface area is 105 Å². The number of carbonyl (C=O) groups excluding carboxylic acids is 1. The normalized spacial score (nSPS) is 9.94. The topological polar surface area (TPSA) is 38.3 Å². The summed E-state index contributed by atoms with van der Waals surface area (Å²) >= 11 is 5.86. The lowest BCUT2D eigenvalue weighted by Crippen LogP contribution is -2.20. The van der Waals surface area contributed by atoms with Crippen molar-refractivity contribution in [3.05, 3.63) is 34.9 Å². The average Bonchev–Trinajstić information content (AvgIpc) is 2.34. The molecule has 17 heavy (non-hydrogen) atoms. The van der Waals surface area contributed by atoms with Crippen molar-refractivity contribution < 1.29 is 9.53 Å². The Hall–Kier alpha value is -1.92. The average molecular weight is 250 g/mol. The number of methoxy groups -OCH3 is 1. The molecule has 0 unspecified atom stereocenters. The van der Waals surface area contributed by atoms with Gasteiger partial charge in [0.1, 0.15) is 5.75 Å². The Bertz CT molecular complexity index is 475. The molecule has 4 heteroatoms. The van der Waals surface area contributed by atoms with E-state index in [1.807, 2.05) is 0 Å². The van der Waals surface area contributed by atoms with Crippen LogP contribution in [-0.2, 0) is 4.79 Å². The van der Waals surface area contributed by atoms with Gasteiger partial charge in [0, 0.05) is 16.7 Å². The molecule has 1 rings (SSSR count). The van der Waals surface area contributed by atoms with Crippen LogP contribution in [0.1, 0.15) is 5.56 Å². The number of hydrogen-bond acceptors (Lipinski definition) is 2. The van der Waals surface area contributed by atoms with Gasteiger partial charge >= 0.3 is 0 Å². The van der Waals surface area contributed by atoms with Gasteiger partial charge in [-0.3, -0.25) is 4.79 Å². The summed E-state index contributed by atoms with van der Waals surface area (Å²) in [5.74, 6) is 2.71. The molecule has 88 valence electrons. The number of rotatable bonds is 4. The molecule has 1 aromatic rings. The third kappa shape index (κ3) is 4.21. The minimum absolute atomic E-state index is 0.204. The van der Waals surface area contributed by atoms with E-state index >= 15 is 0 Å². The molecule has 0 aliphatic heterocycles. The van der Waals surface area contributed by atoms with Gasteiger partial charge in [-0.15, -0.1) is 6.42 Å². The number of ether oxygens (including phenoxy) is 1. The molecule has 0 aromatic heterocycles. The monoisotopic (exact) mass is 249 g/mol. The van der Waals surface area contributed by atoms with Crippen LogP contribution in [0.5, 0.6) is 5.75 Å². The summed E-state index contributed by atoms with van der Waals surface area (Å²) in [7, 11) is 1.55. The van der Waals surface area contributed by atoms with E-state index in [-0.39, 0.29) is 12.5 Å². The summed E-state index contributed by atoms with van der Waals surface area (Å²) in [4.78, 5) is 11.3. The van der Waals surface area contributed by atoms with Gasteiger partial charge in [-0.2, -0.15) is 0 Å². The van der Waals surface area contributed by atoms with E-state index in [1.165, 1.54) is 6.08 Å². The lowest BCUT2D eigenvalue weighted by Gasteiger charge is -2.04. The highest BCUT2D eigenvalue weighted by Crippen LogP contribution is 2.23. The highest BCUT2D eigenvalue weighted by Gasteiger charge is 2.01. The fourth-order valence-electron chi connectivity index (χ4n) is 1.20. The highest BCUT2D eigenvalue weighted by atomic mass is 35.5. The van der Waals surface area contributed by atoms with Crippen LogP contribution in [0, 0.1) is 12.3 Å². The van der Waals surface area contributed by atoms with Gasteiger partial charge in [-0.1, -0.05) is 17.5 Å². The van der Waals surface area contributed by atoms with E-state index in [9.17, 15) is 4.79 Å². The van der Waals surface area contributed by atoms with Crippen LogP contribution in [0.4, 0.5) is 0 Å². The molecule has 0 aliphatic carbocycles. The van der Waals surface area contributed by atoms with Gasteiger partial charge < -0.3 is 10.1 Å². The first-order valence-corrected chi connectivity index (χ1v) is 5.28. The molecule has 1 aromatic carbocycles. The second kappa shape index (κ2) is 6.62. The van der Waals surface area contributed by atoms with E-state index < -0.39 is 0 Å². The van der Waals surface area contributed by atoms with Crippen molar-refractivity contribution in [1.82, 2.24) is 5.32 Å². The lowest BCUT2D eigenvalue weighted by molar-refractivity contribution is -0.116. The number of nitrogens with one attached hydrogen (secondary N) is 1. The zero-order valence-electron chi connectivity index (χ0n) is 9.37. The number of carbonyl (C=O) groups is 1. The fourth-order valence-corrected chi connectivity index (χ4v) is 1.38. The first-order valence-electron chi connectivity index (χ1n) is 4.90. The van der Waals surface area contributed by atoms with Crippen LogP contribution in [0.3, 0.4) is 0 Å². The predicted octanol–water partition coefficient (Wildman–Crippen LogP) is 2.11. The molecular formula is C13H12ClNO2. The number of halogens is 1. The molecule has 0 saturated heterocycles. The van der Waals surface area contributed by atoms with E-state index in [4.69, 9.17) is 22.8 Å². The van der Waals surface area contributed by atoms with Crippen molar-refractivity contribution >= 4 is 23.6 Å². The zero-order valence-corrected chi connectivity index (χ0v) is 10.1. The SMILES string of the molecule is C#CCNC(=O)C=Cc1cc(Cl)ccc1OC. The molecule has 0 spiro atoms. The van der Waals surface area contributed by atoms with Crippen LogP contribution in [-0.4, -0.2) is 19.6 Å². The largest absolute Gasteiger partial charge is 0.496 e. The van der Waals surface area contributed by atoms with Gasteiger partial charge in [-0.05, 0) is 24.3 Å². The Morgan fingerprint density at radius 2 is 2.41 bits per heavy atom. The van der Waals surface area contributed by atoms with Crippen LogP contribution in [0.2, 0.25) is 5.02 Å². The smallest absolute Gasteiger partial charge is 0.244 e. The Balaban J connectivity index is 2.80. The second-order valence-electron chi connectivity index (χ2n) is 3.14. The first-order chi connectivity index (χ1) is 8.17. The van der Waals surface area contributed by atoms with Gasteiger partial charge in [0.2, 0.25) is 5.91 Å². The molecule has 0 heterocycles. The van der Waals surface area contributed by atoms with Gasteiger partial charge in [-0.25, -0.2) is 0 Å². The molecule has 0 fully saturated rings. The van der Waals surface area contributed by atoms with Gasteiger partial charge in [0.25, 0.3) is 0 Å². The number of benzene rings is 1. The number of terminal acetylenes is 1. The minimum atomic E-state index is -0.259. The third-order valence-electron chi connectivity index (χ3n) is 1.97. The van der Waals surface area contributed by atoms with Crippen molar-refractivity contribution in [2.75, 3.05) is 13.7 Å². The fraction of sp³-hybridized carbons (Fsp3) is 0.154. The zero-order chi connectivity index (χ0) is 12.7. The van der Waals surface area contributed by atoms with E-state index in [1.54, 1.807) is 31.4 Å². The number of hydrogen-bond donors (Lipinski definition) is 1. The Morgan fingerprint density at radius 3 is 3.06 bits per heavy atom. The minimum Gasteiger partial charge on any atom is -0.496 e. The van der Waals surface area contributed by atoms with E-state index in [2.05, 4.69) is 11.2 Å². The first kappa shape index (κ1) is 13.1. The van der Waals surface area contributed by atoms with Gasteiger partial charge in [0.15, 0.2) is 0 Å². The van der Waals surface area contributed by atoms with Crippen molar-refractivity contribution in [1.29, 1.82) is 0 Å². The summed E-state index contributed by atoms with van der Waals surface area (Å²) in [5, 5.41) is 3.10.